The zero-order valence-electron chi connectivity index (χ0n) is 13.0. The number of carboxylic acid groups (broad SMARTS) is 1. The number of esters is 1. The van der Waals surface area contributed by atoms with Crippen molar-refractivity contribution in [1.82, 2.24) is 0 Å². The van der Waals surface area contributed by atoms with Crippen LogP contribution in [0, 0.1) is 6.92 Å². The molecule has 1 atom stereocenters. The van der Waals surface area contributed by atoms with Gasteiger partial charge in [0.05, 0.1) is 11.4 Å². The van der Waals surface area contributed by atoms with E-state index in [1.54, 1.807) is 19.1 Å². The molecule has 132 valence electrons. The Hall–Kier alpha value is -1.95. The Morgan fingerprint density at radius 1 is 1.04 bits per heavy atom. The highest BCUT2D eigenvalue weighted by molar-refractivity contribution is 6.35. The molecule has 1 N–H and O–H groups in total. The molecule has 0 aliphatic heterocycles. The maximum Gasteiger partial charge on any atom is 0.345 e. The van der Waals surface area contributed by atoms with Crippen LogP contribution in [0.15, 0.2) is 36.4 Å². The number of carboxylic acids is 1. The molecular formula is C17H13Cl3O5. The van der Waals surface area contributed by atoms with Crippen molar-refractivity contribution in [3.8, 4) is 11.5 Å². The Bertz CT molecular complexity index is 807. The second kappa shape index (κ2) is 8.43. The molecule has 0 spiro atoms. The molecule has 0 saturated carbocycles. The molecule has 0 aliphatic rings. The highest BCUT2D eigenvalue weighted by Crippen LogP contribution is 2.28. The zero-order chi connectivity index (χ0) is 18.6. The van der Waals surface area contributed by atoms with E-state index in [1.807, 2.05) is 0 Å². The summed E-state index contributed by atoms with van der Waals surface area (Å²) in [5, 5.41) is 10.3. The third-order valence-corrected chi connectivity index (χ3v) is 3.92. The SMILES string of the molecule is Cc1cc(Cl)ccc1OC(CC(=O)Oc1ccc(Cl)cc1Cl)C(=O)O. The van der Waals surface area contributed by atoms with Gasteiger partial charge in [-0.15, -0.1) is 0 Å². The molecule has 0 aromatic heterocycles. The van der Waals surface area contributed by atoms with Crippen molar-refractivity contribution < 1.29 is 24.2 Å². The molecule has 0 heterocycles. The van der Waals surface area contributed by atoms with Crippen LogP contribution in [0.1, 0.15) is 12.0 Å². The minimum Gasteiger partial charge on any atom is -0.478 e. The average Bonchev–Trinajstić information content (AvgIpc) is 2.51. The van der Waals surface area contributed by atoms with Crippen molar-refractivity contribution in [3.05, 3.63) is 57.0 Å². The fraction of sp³-hybridized carbons (Fsp3) is 0.176. The van der Waals surface area contributed by atoms with Crippen molar-refractivity contribution in [3.63, 3.8) is 0 Å². The van der Waals surface area contributed by atoms with E-state index in [2.05, 4.69) is 0 Å². The van der Waals surface area contributed by atoms with Crippen molar-refractivity contribution >= 4 is 46.7 Å². The number of carbonyl (C=O) groups excluding carboxylic acids is 1. The number of carbonyl (C=O) groups is 2. The number of aliphatic carboxylic acids is 1. The predicted octanol–water partition coefficient (Wildman–Crippen LogP) is 4.78. The third-order valence-electron chi connectivity index (χ3n) is 3.15. The van der Waals surface area contributed by atoms with Gasteiger partial charge in [0.1, 0.15) is 11.5 Å². The minimum atomic E-state index is -1.42. The molecule has 2 aromatic rings. The van der Waals surface area contributed by atoms with Gasteiger partial charge in [-0.1, -0.05) is 34.8 Å². The first-order valence-corrected chi connectivity index (χ1v) is 8.21. The van der Waals surface area contributed by atoms with E-state index in [-0.39, 0.29) is 10.8 Å². The standard InChI is InChI=1S/C17H13Cl3O5/c1-9-6-10(18)2-4-13(9)24-15(17(22)23)8-16(21)25-14-5-3-11(19)7-12(14)20/h2-7,15H,8H2,1H3,(H,22,23). The molecule has 0 fully saturated rings. The summed E-state index contributed by atoms with van der Waals surface area (Å²) >= 11 is 17.5. The summed E-state index contributed by atoms with van der Waals surface area (Å²) in [6, 6.07) is 9.06. The fourth-order valence-electron chi connectivity index (χ4n) is 1.95. The molecule has 0 radical (unpaired) electrons. The van der Waals surface area contributed by atoms with Gasteiger partial charge in [0.15, 0.2) is 0 Å². The molecule has 2 aromatic carbocycles. The molecule has 1 unspecified atom stereocenters. The summed E-state index contributed by atoms with van der Waals surface area (Å²) in [5.41, 5.74) is 0.646. The lowest BCUT2D eigenvalue weighted by atomic mass is 10.2. The summed E-state index contributed by atoms with van der Waals surface area (Å²) in [6.07, 6.45) is -1.92. The van der Waals surface area contributed by atoms with Crippen LogP contribution in [0.3, 0.4) is 0 Å². The lowest BCUT2D eigenvalue weighted by molar-refractivity contribution is -0.150. The topological polar surface area (TPSA) is 72.8 Å². The van der Waals surface area contributed by atoms with E-state index in [0.29, 0.717) is 21.4 Å². The summed E-state index contributed by atoms with van der Waals surface area (Å²) in [4.78, 5) is 23.4. The summed E-state index contributed by atoms with van der Waals surface area (Å²) in [5.74, 6) is -1.70. The molecule has 0 saturated heterocycles. The van der Waals surface area contributed by atoms with Gasteiger partial charge in [0, 0.05) is 10.0 Å². The zero-order valence-corrected chi connectivity index (χ0v) is 15.2. The Morgan fingerprint density at radius 3 is 2.20 bits per heavy atom. The summed E-state index contributed by atoms with van der Waals surface area (Å²) in [6.45, 7) is 1.71. The molecule has 0 amide bonds. The maximum absolute atomic E-state index is 12.0. The summed E-state index contributed by atoms with van der Waals surface area (Å²) in [7, 11) is 0. The van der Waals surface area contributed by atoms with Gasteiger partial charge in [0.2, 0.25) is 6.10 Å². The highest BCUT2D eigenvalue weighted by atomic mass is 35.5. The van der Waals surface area contributed by atoms with E-state index in [1.165, 1.54) is 24.3 Å². The molecule has 2 rings (SSSR count). The van der Waals surface area contributed by atoms with Gasteiger partial charge in [-0.25, -0.2) is 4.79 Å². The van der Waals surface area contributed by atoms with Gasteiger partial charge < -0.3 is 14.6 Å². The molecule has 25 heavy (non-hydrogen) atoms. The summed E-state index contributed by atoms with van der Waals surface area (Å²) < 4.78 is 10.5. The maximum atomic E-state index is 12.0. The molecular weight excluding hydrogens is 391 g/mol. The Morgan fingerprint density at radius 2 is 1.64 bits per heavy atom. The molecule has 0 aliphatic carbocycles. The smallest absolute Gasteiger partial charge is 0.345 e. The number of ether oxygens (including phenoxy) is 2. The fourth-order valence-corrected chi connectivity index (χ4v) is 2.63. The normalized spacial score (nSPS) is 11.7. The largest absolute Gasteiger partial charge is 0.478 e. The van der Waals surface area contributed by atoms with Crippen LogP contribution in [-0.4, -0.2) is 23.1 Å². The van der Waals surface area contributed by atoms with Gasteiger partial charge in [-0.2, -0.15) is 0 Å². The van der Waals surface area contributed by atoms with Crippen LogP contribution in [0.5, 0.6) is 11.5 Å². The van der Waals surface area contributed by atoms with Crippen molar-refractivity contribution in [1.29, 1.82) is 0 Å². The first-order chi connectivity index (χ1) is 11.8. The van der Waals surface area contributed by atoms with Gasteiger partial charge in [-0.05, 0) is 48.9 Å². The number of benzene rings is 2. The minimum absolute atomic E-state index is 0.0860. The first-order valence-electron chi connectivity index (χ1n) is 7.07. The molecule has 5 nitrogen and oxygen atoms in total. The number of aryl methyl sites for hydroxylation is 1. The van der Waals surface area contributed by atoms with Crippen molar-refractivity contribution in [2.45, 2.75) is 19.4 Å². The Balaban J connectivity index is 2.07. The first kappa shape index (κ1) is 19.4. The van der Waals surface area contributed by atoms with E-state index in [4.69, 9.17) is 44.3 Å². The van der Waals surface area contributed by atoms with Crippen LogP contribution in [0.2, 0.25) is 15.1 Å². The second-order valence-electron chi connectivity index (χ2n) is 5.11. The van der Waals surface area contributed by atoms with Crippen LogP contribution in [0.25, 0.3) is 0 Å². The van der Waals surface area contributed by atoms with E-state index >= 15 is 0 Å². The lowest BCUT2D eigenvalue weighted by Gasteiger charge is -2.16. The second-order valence-corrected chi connectivity index (χ2v) is 6.39. The van der Waals surface area contributed by atoms with E-state index in [9.17, 15) is 14.7 Å². The van der Waals surface area contributed by atoms with Crippen molar-refractivity contribution in [2.24, 2.45) is 0 Å². The average molecular weight is 404 g/mol. The van der Waals surface area contributed by atoms with Gasteiger partial charge >= 0.3 is 11.9 Å². The highest BCUT2D eigenvalue weighted by Gasteiger charge is 2.25. The number of hydrogen-bond acceptors (Lipinski definition) is 4. The van der Waals surface area contributed by atoms with E-state index < -0.39 is 24.5 Å². The van der Waals surface area contributed by atoms with Crippen LogP contribution in [0.4, 0.5) is 0 Å². The Labute approximate surface area is 159 Å². The van der Waals surface area contributed by atoms with Crippen LogP contribution >= 0.6 is 34.8 Å². The lowest BCUT2D eigenvalue weighted by Crippen LogP contribution is -2.31. The quantitative estimate of drug-likeness (QED) is 0.555. The monoisotopic (exact) mass is 402 g/mol. The van der Waals surface area contributed by atoms with Crippen molar-refractivity contribution in [2.75, 3.05) is 0 Å². The number of hydrogen-bond donors (Lipinski definition) is 1. The third kappa shape index (κ3) is 5.53. The van der Waals surface area contributed by atoms with E-state index in [0.717, 1.165) is 0 Å². The van der Waals surface area contributed by atoms with Crippen LogP contribution < -0.4 is 9.47 Å². The van der Waals surface area contributed by atoms with Gasteiger partial charge in [0.25, 0.3) is 0 Å². The van der Waals surface area contributed by atoms with Gasteiger partial charge in [-0.3, -0.25) is 4.79 Å². The molecule has 8 heteroatoms. The number of rotatable bonds is 6. The Kier molecular flexibility index (Phi) is 6.53. The molecule has 0 bridgehead atoms. The van der Waals surface area contributed by atoms with Crippen LogP contribution in [-0.2, 0) is 9.59 Å². The predicted molar refractivity (Wildman–Crippen MR) is 95.0 cm³/mol. The number of halogens is 3.